The molecule has 0 bridgehead atoms. The zero-order chi connectivity index (χ0) is 18.9. The molecule has 3 aromatic rings. The van der Waals surface area contributed by atoms with Gasteiger partial charge in [0.1, 0.15) is 36.2 Å². The summed E-state index contributed by atoms with van der Waals surface area (Å²) in [6.45, 7) is 1.17. The molecule has 10 heteroatoms. The second-order valence-electron chi connectivity index (χ2n) is 5.73. The molecule has 2 heterocycles. The molecule has 0 aliphatic heterocycles. The molecule has 1 aromatic carbocycles. The first kappa shape index (κ1) is 18.3. The summed E-state index contributed by atoms with van der Waals surface area (Å²) in [4.78, 5) is 11.1. The lowest BCUT2D eigenvalue weighted by molar-refractivity contribution is -0.0133. The molecule has 0 saturated heterocycles. The molecule has 2 atom stereocenters. The first-order valence-electron chi connectivity index (χ1n) is 7.49. The molecule has 136 valence electrons. The topological polar surface area (TPSA) is 76.7 Å². The summed E-state index contributed by atoms with van der Waals surface area (Å²) >= 11 is 5.69. The molecule has 2 aromatic heterocycles. The van der Waals surface area contributed by atoms with Crippen molar-refractivity contribution in [3.05, 3.63) is 71.0 Å². The molecule has 0 aliphatic carbocycles. The van der Waals surface area contributed by atoms with Crippen molar-refractivity contribution in [3.63, 3.8) is 0 Å². The second kappa shape index (κ2) is 7.00. The van der Waals surface area contributed by atoms with Crippen LogP contribution in [0.4, 0.5) is 13.2 Å². The van der Waals surface area contributed by atoms with Gasteiger partial charge in [0.05, 0.1) is 12.2 Å². The molecule has 0 spiro atoms. The lowest BCUT2D eigenvalue weighted by Gasteiger charge is -2.34. The van der Waals surface area contributed by atoms with Gasteiger partial charge < -0.3 is 5.11 Å². The first-order chi connectivity index (χ1) is 12.3. The standard InChI is InChI=1S/C16H13ClF3N5O/c1-9(14-13(20)15(17)23-7-22-14)16(26,5-25-8-21-6-24-25)11-3-2-10(18)4-12(11)19/h2-4,6-9,26H,5H2,1H3/t9-,16+/m1/s1. The molecule has 0 aliphatic rings. The van der Waals surface area contributed by atoms with Gasteiger partial charge in [-0.15, -0.1) is 0 Å². The molecule has 26 heavy (non-hydrogen) atoms. The Labute approximate surface area is 151 Å². The SMILES string of the molecule is C[C@H](c1ncnc(Cl)c1F)[C@@](O)(Cn1cncn1)c1ccc(F)cc1F. The van der Waals surface area contributed by atoms with Gasteiger partial charge in [0.15, 0.2) is 11.0 Å². The van der Waals surface area contributed by atoms with E-state index in [1.165, 1.54) is 24.3 Å². The van der Waals surface area contributed by atoms with Crippen molar-refractivity contribution in [1.29, 1.82) is 0 Å². The third-order valence-corrected chi connectivity index (χ3v) is 4.43. The van der Waals surface area contributed by atoms with Crippen LogP contribution < -0.4 is 0 Å². The van der Waals surface area contributed by atoms with E-state index in [1.54, 1.807) is 0 Å². The third kappa shape index (κ3) is 3.27. The Balaban J connectivity index is 2.15. The summed E-state index contributed by atoms with van der Waals surface area (Å²) in [5.74, 6) is -3.80. The Morgan fingerprint density at radius 1 is 1.23 bits per heavy atom. The van der Waals surface area contributed by atoms with Gasteiger partial charge in [0.2, 0.25) is 0 Å². The van der Waals surface area contributed by atoms with Crippen molar-refractivity contribution in [3.8, 4) is 0 Å². The molecule has 6 nitrogen and oxygen atoms in total. The van der Waals surface area contributed by atoms with Crippen molar-refractivity contribution < 1.29 is 18.3 Å². The van der Waals surface area contributed by atoms with E-state index in [9.17, 15) is 18.3 Å². The van der Waals surface area contributed by atoms with Gasteiger partial charge in [0.25, 0.3) is 0 Å². The molecule has 0 fully saturated rings. The lowest BCUT2D eigenvalue weighted by atomic mass is 9.79. The Kier molecular flexibility index (Phi) is 4.92. The third-order valence-electron chi connectivity index (χ3n) is 4.17. The summed E-state index contributed by atoms with van der Waals surface area (Å²) < 4.78 is 43.4. The van der Waals surface area contributed by atoms with Crippen LogP contribution in [0.1, 0.15) is 24.1 Å². The summed E-state index contributed by atoms with van der Waals surface area (Å²) in [6.07, 6.45) is 3.57. The zero-order valence-electron chi connectivity index (χ0n) is 13.4. The van der Waals surface area contributed by atoms with Crippen LogP contribution in [0.5, 0.6) is 0 Å². The highest BCUT2D eigenvalue weighted by atomic mass is 35.5. The molecule has 0 amide bonds. The zero-order valence-corrected chi connectivity index (χ0v) is 14.2. The summed E-state index contributed by atoms with van der Waals surface area (Å²) in [7, 11) is 0. The summed E-state index contributed by atoms with van der Waals surface area (Å²) in [5, 5.41) is 14.8. The summed E-state index contributed by atoms with van der Waals surface area (Å²) in [5.41, 5.74) is -2.48. The number of aromatic nitrogens is 5. The highest BCUT2D eigenvalue weighted by molar-refractivity contribution is 6.29. The minimum Gasteiger partial charge on any atom is -0.382 e. The van der Waals surface area contributed by atoms with E-state index in [4.69, 9.17) is 11.6 Å². The average Bonchev–Trinajstić information content (AvgIpc) is 3.09. The highest BCUT2D eigenvalue weighted by Gasteiger charge is 2.42. The molecule has 1 N–H and O–H groups in total. The Bertz CT molecular complexity index is 924. The predicted octanol–water partition coefficient (Wildman–Crippen LogP) is 2.83. The Morgan fingerprint density at radius 3 is 2.65 bits per heavy atom. The predicted molar refractivity (Wildman–Crippen MR) is 85.7 cm³/mol. The van der Waals surface area contributed by atoms with E-state index in [0.29, 0.717) is 6.07 Å². The van der Waals surface area contributed by atoms with Gasteiger partial charge in [-0.1, -0.05) is 24.6 Å². The van der Waals surface area contributed by atoms with E-state index < -0.39 is 34.1 Å². The van der Waals surface area contributed by atoms with E-state index in [1.807, 2.05) is 0 Å². The first-order valence-corrected chi connectivity index (χ1v) is 7.87. The molecule has 0 unspecified atom stereocenters. The highest BCUT2D eigenvalue weighted by Crippen LogP contribution is 2.40. The van der Waals surface area contributed by atoms with Crippen LogP contribution in [-0.2, 0) is 12.1 Å². The molecule has 0 radical (unpaired) electrons. The smallest absolute Gasteiger partial charge is 0.182 e. The van der Waals surface area contributed by atoms with Crippen molar-refractivity contribution in [1.82, 2.24) is 24.7 Å². The maximum atomic E-state index is 14.4. The normalized spacial score (nSPS) is 14.8. The number of hydrogen-bond donors (Lipinski definition) is 1. The fraction of sp³-hybridized carbons (Fsp3) is 0.250. The van der Waals surface area contributed by atoms with Gasteiger partial charge in [-0.05, 0) is 6.07 Å². The van der Waals surface area contributed by atoms with Crippen molar-refractivity contribution in [2.24, 2.45) is 0 Å². The van der Waals surface area contributed by atoms with Crippen molar-refractivity contribution >= 4 is 11.6 Å². The number of aliphatic hydroxyl groups is 1. The fourth-order valence-corrected chi connectivity index (χ4v) is 2.89. The number of rotatable bonds is 5. The molecule has 0 saturated carbocycles. The lowest BCUT2D eigenvalue weighted by Crippen LogP contribution is -2.39. The number of nitrogens with zero attached hydrogens (tertiary/aromatic N) is 5. The monoisotopic (exact) mass is 383 g/mol. The molecule has 3 rings (SSSR count). The number of benzene rings is 1. The maximum Gasteiger partial charge on any atom is 0.182 e. The van der Waals surface area contributed by atoms with Crippen LogP contribution in [0.15, 0.2) is 37.2 Å². The summed E-state index contributed by atoms with van der Waals surface area (Å²) in [6, 6.07) is 2.73. The number of hydrogen-bond acceptors (Lipinski definition) is 5. The quantitative estimate of drug-likeness (QED) is 0.686. The minimum atomic E-state index is -2.02. The van der Waals surface area contributed by atoms with Crippen LogP contribution in [-0.4, -0.2) is 29.8 Å². The minimum absolute atomic E-state index is 0.212. The van der Waals surface area contributed by atoms with Gasteiger partial charge in [-0.3, -0.25) is 0 Å². The Hall–Kier alpha value is -2.52. The van der Waals surface area contributed by atoms with Gasteiger partial charge >= 0.3 is 0 Å². The largest absolute Gasteiger partial charge is 0.382 e. The van der Waals surface area contributed by atoms with Crippen LogP contribution >= 0.6 is 11.6 Å². The van der Waals surface area contributed by atoms with Gasteiger partial charge in [-0.2, -0.15) is 5.10 Å². The van der Waals surface area contributed by atoms with Gasteiger partial charge in [-0.25, -0.2) is 32.8 Å². The fourth-order valence-electron chi connectivity index (χ4n) is 2.75. The second-order valence-corrected chi connectivity index (χ2v) is 6.08. The van der Waals surface area contributed by atoms with Gasteiger partial charge in [0, 0.05) is 17.5 Å². The van der Waals surface area contributed by atoms with Crippen LogP contribution in [0.3, 0.4) is 0 Å². The van der Waals surface area contributed by atoms with E-state index in [-0.39, 0.29) is 17.8 Å². The van der Waals surface area contributed by atoms with Crippen LogP contribution in [0.25, 0.3) is 0 Å². The molecular formula is C16H13ClF3N5O. The number of halogens is 4. The van der Waals surface area contributed by atoms with Crippen LogP contribution in [0, 0.1) is 17.5 Å². The van der Waals surface area contributed by atoms with E-state index in [2.05, 4.69) is 20.1 Å². The van der Waals surface area contributed by atoms with E-state index in [0.717, 1.165) is 18.5 Å². The van der Waals surface area contributed by atoms with Crippen molar-refractivity contribution in [2.75, 3.05) is 0 Å². The van der Waals surface area contributed by atoms with Crippen molar-refractivity contribution in [2.45, 2.75) is 25.0 Å². The van der Waals surface area contributed by atoms with Crippen LogP contribution in [0.2, 0.25) is 5.15 Å². The Morgan fingerprint density at radius 2 is 2.00 bits per heavy atom. The maximum absolute atomic E-state index is 14.4. The molecular weight excluding hydrogens is 371 g/mol. The average molecular weight is 384 g/mol. The van der Waals surface area contributed by atoms with E-state index >= 15 is 0 Å².